The van der Waals surface area contributed by atoms with Gasteiger partial charge in [-0.05, 0) is 6.92 Å². The minimum atomic E-state index is -0.466. The van der Waals surface area contributed by atoms with Gasteiger partial charge in [0.15, 0.2) is 0 Å². The van der Waals surface area contributed by atoms with Crippen molar-refractivity contribution in [1.82, 2.24) is 0 Å². The van der Waals surface area contributed by atoms with Crippen LogP contribution >= 0.6 is 0 Å². The molecular formula is C17H30N2O+2. The van der Waals surface area contributed by atoms with Gasteiger partial charge in [0.25, 0.3) is 0 Å². The fourth-order valence-corrected chi connectivity index (χ4v) is 3.36. The summed E-state index contributed by atoms with van der Waals surface area (Å²) >= 11 is 0. The van der Waals surface area contributed by atoms with E-state index < -0.39 is 5.60 Å². The van der Waals surface area contributed by atoms with Crippen molar-refractivity contribution in [1.29, 1.82) is 0 Å². The van der Waals surface area contributed by atoms with E-state index >= 15 is 0 Å². The third-order valence-corrected chi connectivity index (χ3v) is 5.05. The first-order valence-electron chi connectivity index (χ1n) is 7.91. The molecule has 1 aliphatic rings. The highest BCUT2D eigenvalue weighted by Gasteiger charge is 2.43. The maximum Gasteiger partial charge on any atom is 0.101 e. The molecule has 20 heavy (non-hydrogen) atoms. The Morgan fingerprint density at radius 3 is 2.70 bits per heavy atom. The van der Waals surface area contributed by atoms with Crippen molar-refractivity contribution in [3.05, 3.63) is 35.9 Å². The van der Waals surface area contributed by atoms with Gasteiger partial charge < -0.3 is 15.3 Å². The zero-order valence-electron chi connectivity index (χ0n) is 13.1. The summed E-state index contributed by atoms with van der Waals surface area (Å²) < 4.78 is 0. The first kappa shape index (κ1) is 15.5. The number of piperidine rings is 1. The molecule has 1 aromatic carbocycles. The Morgan fingerprint density at radius 2 is 2.00 bits per heavy atom. The van der Waals surface area contributed by atoms with E-state index in [0.29, 0.717) is 12.0 Å². The summed E-state index contributed by atoms with van der Waals surface area (Å²) in [5.74, 6) is 0.392. The summed E-state index contributed by atoms with van der Waals surface area (Å²) in [6.45, 7) is 7.54. The second kappa shape index (κ2) is 6.70. The van der Waals surface area contributed by atoms with E-state index in [-0.39, 0.29) is 0 Å². The minimum Gasteiger partial charge on any atom is -0.389 e. The molecule has 4 atom stereocenters. The van der Waals surface area contributed by atoms with Crippen molar-refractivity contribution in [2.75, 3.05) is 20.1 Å². The molecule has 1 saturated heterocycles. The van der Waals surface area contributed by atoms with Crippen molar-refractivity contribution in [2.24, 2.45) is 5.92 Å². The Hall–Kier alpha value is -0.900. The van der Waals surface area contributed by atoms with Crippen LogP contribution in [0.2, 0.25) is 0 Å². The van der Waals surface area contributed by atoms with Crippen molar-refractivity contribution >= 4 is 0 Å². The summed E-state index contributed by atoms with van der Waals surface area (Å²) in [4.78, 5) is 1.55. The van der Waals surface area contributed by atoms with E-state index in [4.69, 9.17) is 0 Å². The van der Waals surface area contributed by atoms with Gasteiger partial charge in [-0.15, -0.1) is 0 Å². The molecule has 1 aromatic rings. The monoisotopic (exact) mass is 278 g/mol. The molecule has 1 aliphatic heterocycles. The fraction of sp³-hybridized carbons (Fsp3) is 0.647. The molecule has 0 aliphatic carbocycles. The first-order chi connectivity index (χ1) is 9.51. The summed E-state index contributed by atoms with van der Waals surface area (Å²) in [5, 5.41) is 13.2. The van der Waals surface area contributed by atoms with Gasteiger partial charge >= 0.3 is 0 Å². The van der Waals surface area contributed by atoms with E-state index in [1.165, 1.54) is 5.56 Å². The lowest BCUT2D eigenvalue weighted by Gasteiger charge is -2.43. The lowest BCUT2D eigenvalue weighted by atomic mass is 9.77. The van der Waals surface area contributed by atoms with Crippen LogP contribution in [0, 0.1) is 5.92 Å². The van der Waals surface area contributed by atoms with Crippen LogP contribution in [0.1, 0.15) is 32.3 Å². The smallest absolute Gasteiger partial charge is 0.101 e. The van der Waals surface area contributed by atoms with Crippen LogP contribution in [-0.4, -0.2) is 36.9 Å². The molecule has 0 bridgehead atoms. The number of quaternary nitrogens is 2. The molecule has 4 N–H and O–H groups in total. The number of hydrogen-bond donors (Lipinski definition) is 3. The predicted molar refractivity (Wildman–Crippen MR) is 81.5 cm³/mol. The highest BCUT2D eigenvalue weighted by atomic mass is 16.3. The third kappa shape index (κ3) is 3.81. The molecule has 2 rings (SSSR count). The Balaban J connectivity index is 1.78. The van der Waals surface area contributed by atoms with E-state index in [0.717, 1.165) is 32.5 Å². The summed E-state index contributed by atoms with van der Waals surface area (Å²) in [6, 6.07) is 11.1. The SMILES string of the molecule is C[C@@H]1C[C@@](O)(CC[NH2+]Cc2ccccc2)[C@H](C)C[NH+]1C. The molecule has 0 amide bonds. The van der Waals surface area contributed by atoms with Crippen molar-refractivity contribution in [3.63, 3.8) is 0 Å². The van der Waals surface area contributed by atoms with Gasteiger partial charge in [0, 0.05) is 24.3 Å². The van der Waals surface area contributed by atoms with Crippen LogP contribution in [0.4, 0.5) is 0 Å². The highest BCUT2D eigenvalue weighted by molar-refractivity contribution is 5.12. The largest absolute Gasteiger partial charge is 0.389 e. The van der Waals surface area contributed by atoms with Gasteiger partial charge in [-0.25, -0.2) is 0 Å². The third-order valence-electron chi connectivity index (χ3n) is 5.05. The zero-order chi connectivity index (χ0) is 14.6. The molecule has 1 unspecified atom stereocenters. The molecule has 3 nitrogen and oxygen atoms in total. The first-order valence-corrected chi connectivity index (χ1v) is 7.91. The number of rotatable bonds is 5. The Morgan fingerprint density at radius 1 is 1.30 bits per heavy atom. The van der Waals surface area contributed by atoms with Crippen LogP contribution in [0.5, 0.6) is 0 Å². The zero-order valence-corrected chi connectivity index (χ0v) is 13.1. The van der Waals surface area contributed by atoms with Crippen LogP contribution in [0.15, 0.2) is 30.3 Å². The summed E-state index contributed by atoms with van der Waals surface area (Å²) in [7, 11) is 2.24. The minimum absolute atomic E-state index is 0.392. The highest BCUT2D eigenvalue weighted by Crippen LogP contribution is 2.27. The van der Waals surface area contributed by atoms with Crippen LogP contribution in [0.3, 0.4) is 0 Å². The number of benzene rings is 1. The van der Waals surface area contributed by atoms with E-state index in [9.17, 15) is 5.11 Å². The van der Waals surface area contributed by atoms with Crippen molar-refractivity contribution in [2.45, 2.75) is 44.9 Å². The van der Waals surface area contributed by atoms with Gasteiger partial charge in [-0.1, -0.05) is 37.3 Å². The fourth-order valence-electron chi connectivity index (χ4n) is 3.36. The predicted octanol–water partition coefficient (Wildman–Crippen LogP) is -0.186. The van der Waals surface area contributed by atoms with Gasteiger partial charge in [-0.2, -0.15) is 0 Å². The Kier molecular flexibility index (Phi) is 5.19. The van der Waals surface area contributed by atoms with Gasteiger partial charge in [0.2, 0.25) is 0 Å². The number of aliphatic hydroxyl groups is 1. The maximum absolute atomic E-state index is 10.9. The average molecular weight is 278 g/mol. The number of likely N-dealkylation sites (tertiary alicyclic amines) is 1. The molecule has 0 radical (unpaired) electrons. The van der Waals surface area contributed by atoms with Gasteiger partial charge in [-0.3, -0.25) is 0 Å². The Labute approximate surface area is 123 Å². The van der Waals surface area contributed by atoms with E-state index in [2.05, 4.69) is 56.5 Å². The molecule has 0 saturated carbocycles. The van der Waals surface area contributed by atoms with E-state index in [1.807, 2.05) is 0 Å². The van der Waals surface area contributed by atoms with E-state index in [1.54, 1.807) is 4.90 Å². The maximum atomic E-state index is 10.9. The quantitative estimate of drug-likeness (QED) is 0.642. The van der Waals surface area contributed by atoms with Gasteiger partial charge in [0.05, 0.1) is 31.8 Å². The normalized spacial score (nSPS) is 34.1. The molecule has 1 heterocycles. The lowest BCUT2D eigenvalue weighted by Crippen LogP contribution is -3.15. The summed E-state index contributed by atoms with van der Waals surface area (Å²) in [5.41, 5.74) is 0.889. The second-order valence-electron chi connectivity index (χ2n) is 6.68. The van der Waals surface area contributed by atoms with Crippen LogP contribution in [0.25, 0.3) is 0 Å². The number of nitrogens with one attached hydrogen (secondary N) is 1. The molecule has 0 spiro atoms. The standard InChI is InChI=1S/C17H28N2O/c1-14-13-19(3)15(2)11-17(14,20)9-10-18-12-16-7-5-4-6-8-16/h4-8,14-15,18,20H,9-13H2,1-3H3/p+2/t14-,15-,17+/m1/s1. The number of hydrogen-bond acceptors (Lipinski definition) is 1. The van der Waals surface area contributed by atoms with Crippen LogP contribution < -0.4 is 10.2 Å². The van der Waals surface area contributed by atoms with Gasteiger partial charge in [0.1, 0.15) is 6.54 Å². The molecule has 3 heteroatoms. The molecule has 112 valence electrons. The molecule has 0 aromatic heterocycles. The summed E-state index contributed by atoms with van der Waals surface area (Å²) in [6.07, 6.45) is 1.83. The topological polar surface area (TPSA) is 41.3 Å². The van der Waals surface area contributed by atoms with Crippen molar-refractivity contribution in [3.8, 4) is 0 Å². The molecule has 1 fully saturated rings. The van der Waals surface area contributed by atoms with Crippen molar-refractivity contribution < 1.29 is 15.3 Å². The average Bonchev–Trinajstić information content (AvgIpc) is 2.43. The number of nitrogens with two attached hydrogens (primary N) is 1. The molecular weight excluding hydrogens is 248 g/mol. The van der Waals surface area contributed by atoms with Crippen LogP contribution in [-0.2, 0) is 6.54 Å². The second-order valence-corrected chi connectivity index (χ2v) is 6.68. The Bertz CT molecular complexity index is 409. The lowest BCUT2D eigenvalue weighted by molar-refractivity contribution is -0.916.